The first-order chi connectivity index (χ1) is 8.60. The number of nitrogen functional groups attached to an aromatic ring is 1. The molecule has 0 saturated heterocycles. The number of benzene rings is 2. The van der Waals surface area contributed by atoms with Crippen LogP contribution >= 0.6 is 0 Å². The van der Waals surface area contributed by atoms with E-state index in [4.69, 9.17) is 5.73 Å². The van der Waals surface area contributed by atoms with Gasteiger partial charge in [-0.2, -0.15) is 0 Å². The van der Waals surface area contributed by atoms with E-state index in [0.29, 0.717) is 12.1 Å². The minimum atomic E-state index is 0.0928. The number of hydrogen-bond acceptors (Lipinski definition) is 3. The fourth-order valence-electron chi connectivity index (χ4n) is 1.88. The third-order valence-corrected chi connectivity index (χ3v) is 2.91. The van der Waals surface area contributed by atoms with Crippen molar-refractivity contribution in [1.29, 1.82) is 0 Å². The summed E-state index contributed by atoms with van der Waals surface area (Å²) in [6.45, 7) is 0. The number of aromatic hydroxyl groups is 2. The van der Waals surface area contributed by atoms with Gasteiger partial charge in [-0.3, -0.25) is 0 Å². The van der Waals surface area contributed by atoms with Gasteiger partial charge in [-0.05, 0) is 35.7 Å². The average Bonchev–Trinajstić information content (AvgIpc) is 2.34. The Balaban J connectivity index is 2.23. The Labute approximate surface area is 106 Å². The zero-order chi connectivity index (χ0) is 13.1. The lowest BCUT2D eigenvalue weighted by Crippen LogP contribution is -2.72. The van der Waals surface area contributed by atoms with Gasteiger partial charge in [-0.15, -0.1) is 0 Å². The highest BCUT2D eigenvalue weighted by Gasteiger charge is 2.06. The summed E-state index contributed by atoms with van der Waals surface area (Å²) < 4.78 is 0. The van der Waals surface area contributed by atoms with Crippen LogP contribution in [-0.2, 0) is 6.42 Å². The third kappa shape index (κ3) is 2.55. The molecule has 4 heteroatoms. The van der Waals surface area contributed by atoms with Gasteiger partial charge in [0.2, 0.25) is 0 Å². The molecule has 0 spiro atoms. The van der Waals surface area contributed by atoms with Crippen LogP contribution in [0.4, 0.5) is 11.4 Å². The summed E-state index contributed by atoms with van der Waals surface area (Å²) in [4.78, 5) is 0. The highest BCUT2D eigenvalue weighted by Crippen LogP contribution is 2.25. The Morgan fingerprint density at radius 2 is 1.61 bits per heavy atom. The van der Waals surface area contributed by atoms with E-state index in [1.54, 1.807) is 18.2 Å². The van der Waals surface area contributed by atoms with Gasteiger partial charge in [0.05, 0.1) is 12.7 Å². The lowest BCUT2D eigenvalue weighted by atomic mass is 10.0. The summed E-state index contributed by atoms with van der Waals surface area (Å²) in [5.41, 5.74) is 8.68. The molecule has 0 aromatic heterocycles. The maximum atomic E-state index is 9.77. The molecule has 0 amide bonds. The highest BCUT2D eigenvalue weighted by atomic mass is 16.3. The second kappa shape index (κ2) is 4.98. The van der Waals surface area contributed by atoms with Gasteiger partial charge >= 0.3 is 0 Å². The normalized spacial score (nSPS) is 10.5. The van der Waals surface area contributed by atoms with Crippen LogP contribution in [0.1, 0.15) is 11.1 Å². The number of phenols is 2. The zero-order valence-corrected chi connectivity index (χ0v) is 10.2. The van der Waals surface area contributed by atoms with E-state index in [2.05, 4.69) is 0 Å². The number of rotatable bonds is 3. The van der Waals surface area contributed by atoms with Crippen LogP contribution < -0.4 is 11.1 Å². The Morgan fingerprint density at radius 1 is 1.00 bits per heavy atom. The van der Waals surface area contributed by atoms with Crippen molar-refractivity contribution in [2.24, 2.45) is 0 Å². The number of phenolic OH excluding ortho intramolecular Hbond substituents is 2. The van der Waals surface area contributed by atoms with Crippen molar-refractivity contribution >= 4 is 11.4 Å². The van der Waals surface area contributed by atoms with Crippen LogP contribution in [0.25, 0.3) is 0 Å². The molecule has 0 atom stereocenters. The van der Waals surface area contributed by atoms with E-state index >= 15 is 0 Å². The van der Waals surface area contributed by atoms with E-state index < -0.39 is 0 Å². The van der Waals surface area contributed by atoms with Gasteiger partial charge in [0.15, 0.2) is 11.4 Å². The van der Waals surface area contributed by atoms with Crippen LogP contribution in [-0.4, -0.2) is 17.3 Å². The molecule has 0 bridgehead atoms. The van der Waals surface area contributed by atoms with Gasteiger partial charge in [0.25, 0.3) is 0 Å². The maximum absolute atomic E-state index is 9.77. The van der Waals surface area contributed by atoms with Gasteiger partial charge in [0, 0.05) is 6.07 Å². The summed E-state index contributed by atoms with van der Waals surface area (Å²) in [5.74, 6) is 0.366. The quantitative estimate of drug-likeness (QED) is 0.482. The lowest BCUT2D eigenvalue weighted by Gasteiger charge is -2.06. The summed E-state index contributed by atoms with van der Waals surface area (Å²) in [5, 5.41) is 21.2. The van der Waals surface area contributed by atoms with Gasteiger partial charge in [-0.25, -0.2) is 0 Å². The largest absolute Gasteiger partial charge is 0.506 e. The summed E-state index contributed by atoms with van der Waals surface area (Å²) in [6.07, 6.45) is 0.644. The first kappa shape index (κ1) is 12.3. The fourth-order valence-corrected chi connectivity index (χ4v) is 1.88. The van der Waals surface area contributed by atoms with E-state index in [1.807, 2.05) is 30.6 Å². The first-order valence-corrected chi connectivity index (χ1v) is 5.79. The average molecular weight is 245 g/mol. The van der Waals surface area contributed by atoms with E-state index in [9.17, 15) is 10.2 Å². The zero-order valence-electron chi connectivity index (χ0n) is 10.2. The molecular formula is C14H17N2O2+. The fraction of sp³-hybridized carbons (Fsp3) is 0.143. The van der Waals surface area contributed by atoms with E-state index in [-0.39, 0.29) is 11.5 Å². The molecule has 94 valence electrons. The molecule has 0 aliphatic rings. The van der Waals surface area contributed by atoms with Crippen molar-refractivity contribution in [3.05, 3.63) is 47.5 Å². The number of nitrogens with two attached hydrogens (primary N) is 2. The van der Waals surface area contributed by atoms with Crippen LogP contribution in [0, 0.1) is 0 Å². The SMILES string of the molecule is C[NH2+]c1ccc(Cc2ccc(N)c(O)c2)cc1O. The topological polar surface area (TPSA) is 83.1 Å². The molecule has 0 radical (unpaired) electrons. The summed E-state index contributed by atoms with van der Waals surface area (Å²) in [7, 11) is 1.88. The molecule has 0 heterocycles. The predicted octanol–water partition coefficient (Wildman–Crippen LogP) is 1.10. The van der Waals surface area contributed by atoms with Crippen molar-refractivity contribution in [3.63, 3.8) is 0 Å². The molecular weight excluding hydrogens is 228 g/mol. The van der Waals surface area contributed by atoms with Crippen molar-refractivity contribution < 1.29 is 15.5 Å². The molecule has 0 fully saturated rings. The van der Waals surface area contributed by atoms with Crippen LogP contribution in [0.2, 0.25) is 0 Å². The predicted molar refractivity (Wildman–Crippen MR) is 70.9 cm³/mol. The smallest absolute Gasteiger partial charge is 0.177 e. The monoisotopic (exact) mass is 245 g/mol. The molecule has 18 heavy (non-hydrogen) atoms. The van der Waals surface area contributed by atoms with Gasteiger partial charge in [0.1, 0.15) is 5.75 Å². The molecule has 2 rings (SSSR count). The van der Waals surface area contributed by atoms with Crippen molar-refractivity contribution in [3.8, 4) is 11.5 Å². The third-order valence-electron chi connectivity index (χ3n) is 2.91. The molecule has 6 N–H and O–H groups in total. The number of quaternary nitrogens is 1. The molecule has 0 aliphatic carbocycles. The van der Waals surface area contributed by atoms with Gasteiger partial charge in [-0.1, -0.05) is 12.1 Å². The van der Waals surface area contributed by atoms with Crippen LogP contribution in [0.5, 0.6) is 11.5 Å². The van der Waals surface area contributed by atoms with E-state index in [1.165, 1.54) is 0 Å². The van der Waals surface area contributed by atoms with Gasteiger partial charge < -0.3 is 21.3 Å². The Hall–Kier alpha value is -2.20. The molecule has 2 aromatic rings. The molecule has 0 saturated carbocycles. The number of anilines is 1. The summed E-state index contributed by atoms with van der Waals surface area (Å²) in [6, 6.07) is 10.8. The van der Waals surface area contributed by atoms with Crippen LogP contribution in [0.15, 0.2) is 36.4 Å². The number of hydrogen-bond donors (Lipinski definition) is 4. The Bertz CT molecular complexity index is 568. The lowest BCUT2D eigenvalue weighted by molar-refractivity contribution is -0.540. The minimum absolute atomic E-state index is 0.0928. The van der Waals surface area contributed by atoms with Crippen LogP contribution in [0.3, 0.4) is 0 Å². The van der Waals surface area contributed by atoms with Crippen molar-refractivity contribution in [2.45, 2.75) is 6.42 Å². The maximum Gasteiger partial charge on any atom is 0.177 e. The Morgan fingerprint density at radius 3 is 2.17 bits per heavy atom. The molecule has 2 aromatic carbocycles. The first-order valence-electron chi connectivity index (χ1n) is 5.79. The van der Waals surface area contributed by atoms with Crippen molar-refractivity contribution in [1.82, 2.24) is 0 Å². The van der Waals surface area contributed by atoms with Crippen molar-refractivity contribution in [2.75, 3.05) is 12.8 Å². The molecule has 4 nitrogen and oxygen atoms in total. The standard InChI is InChI=1S/C14H16N2O2/c1-16-12-5-3-10(8-14(12)18)6-9-2-4-11(15)13(17)7-9/h2-5,7-8,16-18H,6,15H2,1H3/p+1. The second-order valence-electron chi connectivity index (χ2n) is 4.25. The highest BCUT2D eigenvalue weighted by molar-refractivity contribution is 5.54. The van der Waals surface area contributed by atoms with E-state index in [0.717, 1.165) is 16.8 Å². The minimum Gasteiger partial charge on any atom is -0.506 e. The summed E-state index contributed by atoms with van der Waals surface area (Å²) >= 11 is 0. The molecule has 0 aliphatic heterocycles. The Kier molecular flexibility index (Phi) is 3.39. The second-order valence-corrected chi connectivity index (χ2v) is 4.25. The molecule has 0 unspecified atom stereocenters.